The number of benzene rings is 2. The van der Waals surface area contributed by atoms with Gasteiger partial charge in [-0.25, -0.2) is 0 Å². The lowest BCUT2D eigenvalue weighted by molar-refractivity contribution is 0.179. The maximum atomic E-state index is 3.05. The fraction of sp³-hybridized carbons (Fsp3) is 0.508. The number of allylic oxidation sites excluding steroid dienone is 14. The average Bonchev–Trinajstić information content (AvgIpc) is 3.58. The lowest BCUT2D eigenvalue weighted by Gasteiger charge is -2.55. The highest BCUT2D eigenvalue weighted by Crippen LogP contribution is 2.63. The van der Waals surface area contributed by atoms with Gasteiger partial charge in [0.15, 0.2) is 0 Å². The zero-order valence-electron chi connectivity index (χ0n) is 41.1. The summed E-state index contributed by atoms with van der Waals surface area (Å²) in [6.07, 6.45) is 36.4. The first-order chi connectivity index (χ1) is 29.7. The van der Waals surface area contributed by atoms with E-state index in [-0.39, 0.29) is 33.0 Å². The third-order valence-corrected chi connectivity index (χ3v) is 17.6. The Labute approximate surface area is 383 Å². The third-order valence-electron chi connectivity index (χ3n) is 17.6. The summed E-state index contributed by atoms with van der Waals surface area (Å²) in [7, 11) is 0. The molecule has 10 rings (SSSR count). The van der Waals surface area contributed by atoms with Crippen molar-refractivity contribution in [2.45, 2.75) is 157 Å². The molecule has 0 radical (unpaired) electrons. The molecule has 2 aromatic rings. The molecule has 2 saturated heterocycles. The molecule has 3 heterocycles. The molecule has 1 nitrogen and oxygen atoms in total. The molecule has 0 saturated carbocycles. The highest BCUT2D eigenvalue weighted by molar-refractivity contribution is 6.84. The Balaban J connectivity index is 1.27. The van der Waals surface area contributed by atoms with Crippen molar-refractivity contribution in [3.63, 3.8) is 0 Å². The van der Waals surface area contributed by atoms with Crippen LogP contribution in [-0.2, 0) is 10.8 Å². The molecule has 0 N–H and O–H groups in total. The second-order valence-corrected chi connectivity index (χ2v) is 25.4. The van der Waals surface area contributed by atoms with Gasteiger partial charge in [0, 0.05) is 22.9 Å². The molecule has 8 aliphatic rings. The first-order valence-corrected chi connectivity index (χ1v) is 25.0. The molecule has 2 heteroatoms. The normalized spacial score (nSPS) is 30.7. The van der Waals surface area contributed by atoms with Crippen molar-refractivity contribution in [2.75, 3.05) is 0 Å². The van der Waals surface area contributed by atoms with Crippen LogP contribution in [0.5, 0.6) is 0 Å². The van der Waals surface area contributed by atoms with Crippen LogP contribution in [0.15, 0.2) is 149 Å². The van der Waals surface area contributed by atoms with Crippen molar-refractivity contribution in [2.24, 2.45) is 39.9 Å². The number of hydrogen-bond donors (Lipinski definition) is 0. The maximum Gasteiger partial charge on any atom is 0.221 e. The summed E-state index contributed by atoms with van der Waals surface area (Å²) in [6.45, 7) is 32.0. The van der Waals surface area contributed by atoms with Crippen LogP contribution in [0.4, 0.5) is 0 Å². The van der Waals surface area contributed by atoms with Crippen molar-refractivity contribution >= 4 is 12.2 Å². The van der Waals surface area contributed by atoms with Gasteiger partial charge in [-0.1, -0.05) is 227 Å². The monoisotopic (exact) mass is 834 g/mol. The molecule has 0 bridgehead atoms. The van der Waals surface area contributed by atoms with Crippen LogP contribution < -0.4 is 5.46 Å². The van der Waals surface area contributed by atoms with Gasteiger partial charge in [-0.2, -0.15) is 0 Å². The van der Waals surface area contributed by atoms with Gasteiger partial charge in [-0.05, 0) is 111 Å². The first-order valence-electron chi connectivity index (χ1n) is 25.0. The maximum absolute atomic E-state index is 3.05. The Morgan fingerprint density at radius 2 is 1.41 bits per heavy atom. The molecular weight excluding hydrogens is 757 g/mol. The van der Waals surface area contributed by atoms with E-state index in [1.807, 2.05) is 0 Å². The second kappa shape index (κ2) is 14.7. The smallest absolute Gasteiger partial charge is 0.221 e. The fourth-order valence-electron chi connectivity index (χ4n) is 13.7. The van der Waals surface area contributed by atoms with Crippen molar-refractivity contribution in [3.05, 3.63) is 171 Å². The van der Waals surface area contributed by atoms with Crippen LogP contribution in [0, 0.1) is 39.9 Å². The predicted molar refractivity (Wildman–Crippen MR) is 271 cm³/mol. The predicted octanol–water partition coefficient (Wildman–Crippen LogP) is 14.9. The lowest BCUT2D eigenvalue weighted by Crippen LogP contribution is -2.59. The largest absolute Gasteiger partial charge is 0.358 e. The zero-order chi connectivity index (χ0) is 44.6. The van der Waals surface area contributed by atoms with E-state index in [2.05, 4.69) is 210 Å². The van der Waals surface area contributed by atoms with Gasteiger partial charge in [-0.15, -0.1) is 0 Å². The Bertz CT molecular complexity index is 2480. The van der Waals surface area contributed by atoms with Gasteiger partial charge in [0.25, 0.3) is 0 Å². The molecule has 328 valence electrons. The van der Waals surface area contributed by atoms with Crippen molar-refractivity contribution in [1.29, 1.82) is 0 Å². The molecule has 0 aromatic heterocycles. The van der Waals surface area contributed by atoms with Crippen molar-refractivity contribution in [3.8, 4) is 0 Å². The van der Waals surface area contributed by atoms with E-state index in [1.165, 1.54) is 23.1 Å². The minimum Gasteiger partial charge on any atom is -0.358 e. The van der Waals surface area contributed by atoms with E-state index < -0.39 is 0 Å². The van der Waals surface area contributed by atoms with Crippen LogP contribution in [0.2, 0.25) is 5.82 Å². The highest BCUT2D eigenvalue weighted by atomic mass is 15.2. The molecule has 9 unspecified atom stereocenters. The second-order valence-electron chi connectivity index (χ2n) is 25.4. The molecule has 2 fully saturated rings. The molecule has 5 aliphatic carbocycles. The molecule has 0 spiro atoms. The van der Waals surface area contributed by atoms with Crippen LogP contribution in [0.25, 0.3) is 0 Å². The van der Waals surface area contributed by atoms with Crippen molar-refractivity contribution < 1.29 is 0 Å². The number of hydrogen-bond acceptors (Lipinski definition) is 1. The molecular formula is C61H76BN. The van der Waals surface area contributed by atoms with E-state index in [4.69, 9.17) is 0 Å². The van der Waals surface area contributed by atoms with Gasteiger partial charge < -0.3 is 4.90 Å². The first kappa shape index (κ1) is 42.9. The molecule has 2 aromatic carbocycles. The summed E-state index contributed by atoms with van der Waals surface area (Å²) in [4.78, 5) is 3.05. The van der Waals surface area contributed by atoms with E-state index in [1.54, 1.807) is 44.5 Å². The van der Waals surface area contributed by atoms with Crippen LogP contribution in [0.3, 0.4) is 0 Å². The topological polar surface area (TPSA) is 3.24 Å². The van der Waals surface area contributed by atoms with E-state index in [0.717, 1.165) is 25.7 Å². The Morgan fingerprint density at radius 1 is 0.683 bits per heavy atom. The van der Waals surface area contributed by atoms with E-state index in [9.17, 15) is 0 Å². The number of nitrogens with zero attached hydrogens (tertiary/aromatic N) is 1. The average molecular weight is 834 g/mol. The highest BCUT2D eigenvalue weighted by Gasteiger charge is 2.61. The summed E-state index contributed by atoms with van der Waals surface area (Å²) in [6, 6.07) is 18.4. The zero-order valence-corrected chi connectivity index (χ0v) is 41.1. The van der Waals surface area contributed by atoms with E-state index in [0.29, 0.717) is 48.3 Å². The van der Waals surface area contributed by atoms with Crippen LogP contribution in [-0.4, -0.2) is 23.7 Å². The third kappa shape index (κ3) is 6.92. The lowest BCUT2D eigenvalue weighted by atomic mass is 9.25. The van der Waals surface area contributed by atoms with E-state index >= 15 is 0 Å². The van der Waals surface area contributed by atoms with Crippen molar-refractivity contribution in [1.82, 2.24) is 4.90 Å². The summed E-state index contributed by atoms with van der Waals surface area (Å²) < 4.78 is 0. The SMILES string of the molecule is CC(C)(C)C1=CC2B3C4=C(CC(C(C)(C5=CC=CCC5)C5C=CC=CC5)C=C4N4C5C=CC(C(C)(C)C)CC5C(=C1)C24)C(c1ccc(C(C)(C)C)cc1)c1ccc(C(C)(C)C)cc13. The van der Waals surface area contributed by atoms with Gasteiger partial charge >= 0.3 is 0 Å². The van der Waals surface area contributed by atoms with Gasteiger partial charge in [-0.3, -0.25) is 0 Å². The Morgan fingerprint density at radius 3 is 2.05 bits per heavy atom. The molecule has 63 heavy (non-hydrogen) atoms. The van der Waals surface area contributed by atoms with Gasteiger partial charge in [0.1, 0.15) is 0 Å². The molecule has 3 aliphatic heterocycles. The molecule has 0 amide bonds. The quantitative estimate of drug-likeness (QED) is 0.219. The summed E-state index contributed by atoms with van der Waals surface area (Å²) in [5.74, 6) is 2.45. The Kier molecular flexibility index (Phi) is 10.0. The van der Waals surface area contributed by atoms with Crippen LogP contribution in [0.1, 0.15) is 150 Å². The van der Waals surface area contributed by atoms with Gasteiger partial charge in [0.05, 0.1) is 12.1 Å². The summed E-state index contributed by atoms with van der Waals surface area (Å²) in [5.41, 5.74) is 17.7. The Hall–Kier alpha value is -4.04. The summed E-state index contributed by atoms with van der Waals surface area (Å²) >= 11 is 0. The van der Waals surface area contributed by atoms with Crippen LogP contribution >= 0.6 is 0 Å². The minimum absolute atomic E-state index is 0.0235. The fourth-order valence-corrected chi connectivity index (χ4v) is 13.7. The number of fused-ring (bicyclic) bond motifs is 7. The minimum atomic E-state index is -0.0235. The van der Waals surface area contributed by atoms with Gasteiger partial charge in [0.2, 0.25) is 6.71 Å². The number of rotatable bonds is 4. The standard InChI is InChI=1S/C61H76BN/c1-57(2,3)39-26-24-38(25-27-39)54-46-30-28-43(59(7,8)9)35-50(46)62-51-36-44(60(10,11)12)33-48-47-32-42(58(4,5)6)29-31-52(47)63(56(48)51)53-37-45(34-49(54)55(53)62)61(13,40-20-16-14-17-21-40)41-22-18-15-19-23-41/h14-18,20,22,24-31,33,35-37,40,42,45,47,51-52,54,56H,19,21,23,32,34H2,1-13H3. The molecule has 9 atom stereocenters. The summed E-state index contributed by atoms with van der Waals surface area (Å²) in [5, 5.41) is 0.